The zero-order chi connectivity index (χ0) is 15.9. The Bertz CT molecular complexity index is 421. The summed E-state index contributed by atoms with van der Waals surface area (Å²) in [4.78, 5) is 36.1. The van der Waals surface area contributed by atoms with Crippen molar-refractivity contribution in [2.24, 2.45) is 16.3 Å². The maximum Gasteiger partial charge on any atom is 1.00 e. The van der Waals surface area contributed by atoms with Crippen LogP contribution in [0.2, 0.25) is 0 Å². The predicted octanol–water partition coefficient (Wildman–Crippen LogP) is -2.71. The summed E-state index contributed by atoms with van der Waals surface area (Å²) >= 11 is 0. The first-order chi connectivity index (χ1) is 9.22. The number of aliphatic carboxylic acids is 1. The average Bonchev–Trinajstić information content (AvgIpc) is 2.28. The first kappa shape index (κ1) is 22.4. The number of carbonyl (C=O) groups is 3. The molecule has 0 aliphatic carbocycles. The number of hydrogen-bond acceptors (Lipinski definition) is 4. The third-order valence-corrected chi connectivity index (χ3v) is 3.33. The third kappa shape index (κ3) is 5.76. The molecule has 0 saturated carbocycles. The second kappa shape index (κ2) is 9.92. The molecule has 21 heavy (non-hydrogen) atoms. The van der Waals surface area contributed by atoms with Gasteiger partial charge < -0.3 is 15.5 Å². The van der Waals surface area contributed by atoms with E-state index in [1.54, 1.807) is 6.92 Å². The molecule has 0 aromatic carbocycles. The van der Waals surface area contributed by atoms with Crippen LogP contribution in [0.4, 0.5) is 0 Å². The number of amides is 2. The van der Waals surface area contributed by atoms with E-state index >= 15 is 0 Å². The van der Waals surface area contributed by atoms with E-state index in [9.17, 15) is 14.7 Å². The van der Waals surface area contributed by atoms with Crippen molar-refractivity contribution in [1.29, 1.82) is 0 Å². The van der Waals surface area contributed by atoms with Gasteiger partial charge in [-0.2, -0.15) is 0 Å². The van der Waals surface area contributed by atoms with Gasteiger partial charge >= 0.3 is 29.6 Å². The molecule has 0 radical (unpaired) electrons. The standard InChI is InChI=1S/C11H18N2O3.C2H4O2.Na/c1-4-6-7(3)11(5-2)8(14)12-10(16)13-9(11)15;1-2(3)4;/h7H,4-6H2,1-3H3,(H2,12,13,14,15,16);1H3,(H,3,4);/q;;+1/p-1. The number of nitrogens with one attached hydrogen (secondary N) is 1. The Kier molecular flexibility index (Phi) is 10.6. The molecule has 2 N–H and O–H groups in total. The topological polar surface area (TPSA) is 119 Å². The van der Waals surface area contributed by atoms with Crippen LogP contribution in [0, 0.1) is 11.3 Å². The summed E-state index contributed by atoms with van der Waals surface area (Å²) in [5.41, 5.74) is -1.15. The van der Waals surface area contributed by atoms with Gasteiger partial charge in [-0.3, -0.25) is 14.4 Å². The van der Waals surface area contributed by atoms with Crippen LogP contribution in [0.25, 0.3) is 0 Å². The smallest absolute Gasteiger partial charge is 0.846 e. The van der Waals surface area contributed by atoms with Crippen LogP contribution in [0.5, 0.6) is 0 Å². The molecule has 2 unspecified atom stereocenters. The normalized spacial score (nSPS) is 22.0. The molecule has 114 valence electrons. The minimum atomic E-state index is -1.15. The van der Waals surface area contributed by atoms with Gasteiger partial charge in [0.2, 0.25) is 5.91 Å². The molecule has 0 aromatic heterocycles. The number of carbonyl (C=O) groups excluding carboxylic acids is 2. The second-order valence-electron chi connectivity index (χ2n) is 4.71. The van der Waals surface area contributed by atoms with Crippen molar-refractivity contribution in [3.63, 3.8) is 0 Å². The van der Waals surface area contributed by atoms with Crippen LogP contribution in [0.3, 0.4) is 0 Å². The summed E-state index contributed by atoms with van der Waals surface area (Å²) in [5.74, 6) is -2.03. The van der Waals surface area contributed by atoms with Gasteiger partial charge in [-0.15, -0.1) is 0 Å². The van der Waals surface area contributed by atoms with Gasteiger partial charge in [0.05, 0.1) is 6.02 Å². The molecule has 0 spiro atoms. The third-order valence-electron chi connectivity index (χ3n) is 3.33. The number of nitrogens with zero attached hydrogens (tertiary/aromatic N) is 1. The Morgan fingerprint density at radius 2 is 1.90 bits per heavy atom. The number of carboxylic acids is 1. The van der Waals surface area contributed by atoms with E-state index < -0.39 is 29.2 Å². The molecule has 1 heterocycles. The van der Waals surface area contributed by atoms with E-state index in [2.05, 4.69) is 10.3 Å². The molecular formula is C13H21N2NaO5. The minimum absolute atomic E-state index is 0. The fraction of sp³-hybridized carbons (Fsp3) is 0.692. The molecule has 0 bridgehead atoms. The maximum atomic E-state index is 11.9. The summed E-state index contributed by atoms with van der Waals surface area (Å²) in [6, 6.07) is -0.845. The fourth-order valence-electron chi connectivity index (χ4n) is 2.30. The molecule has 1 aliphatic rings. The summed E-state index contributed by atoms with van der Waals surface area (Å²) in [6.07, 6.45) is 2.02. The molecule has 1 rings (SSSR count). The van der Waals surface area contributed by atoms with E-state index in [0.717, 1.165) is 19.8 Å². The Morgan fingerprint density at radius 1 is 1.43 bits per heavy atom. The van der Waals surface area contributed by atoms with Crippen molar-refractivity contribution >= 4 is 23.8 Å². The van der Waals surface area contributed by atoms with Gasteiger partial charge in [0.15, 0.2) is 0 Å². The Hall–Kier alpha value is -0.920. The summed E-state index contributed by atoms with van der Waals surface area (Å²) < 4.78 is 0. The molecular weight excluding hydrogens is 287 g/mol. The fourth-order valence-corrected chi connectivity index (χ4v) is 2.30. The van der Waals surface area contributed by atoms with Crippen molar-refractivity contribution in [3.8, 4) is 0 Å². The number of amidine groups is 1. The van der Waals surface area contributed by atoms with Crippen LogP contribution in [-0.2, 0) is 14.4 Å². The maximum absolute atomic E-state index is 11.9. The molecule has 0 aromatic rings. The largest absolute Gasteiger partial charge is 1.00 e. The quantitative estimate of drug-likeness (QED) is 0.432. The SMILES string of the molecule is CC(=O)O.CCCC(C)C1(CC)C(=O)N=C([O-])NC1=O.[Na+]. The van der Waals surface area contributed by atoms with Crippen molar-refractivity contribution in [2.45, 2.75) is 47.0 Å². The van der Waals surface area contributed by atoms with Crippen molar-refractivity contribution < 1.29 is 54.2 Å². The number of aliphatic imine (C=N–C) groups is 1. The van der Waals surface area contributed by atoms with Crippen molar-refractivity contribution in [1.82, 2.24) is 5.32 Å². The van der Waals surface area contributed by atoms with E-state index in [4.69, 9.17) is 9.90 Å². The Morgan fingerprint density at radius 3 is 2.24 bits per heavy atom. The van der Waals surface area contributed by atoms with Crippen LogP contribution >= 0.6 is 0 Å². The van der Waals surface area contributed by atoms with Crippen LogP contribution in [0.1, 0.15) is 47.0 Å². The van der Waals surface area contributed by atoms with Gasteiger partial charge in [0, 0.05) is 6.92 Å². The molecule has 2 atom stereocenters. The second-order valence-corrected chi connectivity index (χ2v) is 4.71. The molecule has 8 heteroatoms. The van der Waals surface area contributed by atoms with E-state index in [-0.39, 0.29) is 35.5 Å². The number of hydrogen-bond donors (Lipinski definition) is 2. The van der Waals surface area contributed by atoms with E-state index in [1.807, 2.05) is 13.8 Å². The van der Waals surface area contributed by atoms with Crippen molar-refractivity contribution in [2.75, 3.05) is 0 Å². The molecule has 2 amide bonds. The monoisotopic (exact) mass is 308 g/mol. The summed E-state index contributed by atoms with van der Waals surface area (Å²) in [7, 11) is 0. The summed E-state index contributed by atoms with van der Waals surface area (Å²) in [5, 5.41) is 20.5. The minimum Gasteiger partial charge on any atom is -0.846 e. The first-order valence-electron chi connectivity index (χ1n) is 6.53. The van der Waals surface area contributed by atoms with Gasteiger partial charge in [0.1, 0.15) is 5.41 Å². The molecule has 1 aliphatic heterocycles. The van der Waals surface area contributed by atoms with Crippen LogP contribution in [-0.4, -0.2) is 28.9 Å². The number of carboxylic acid groups (broad SMARTS) is 1. The van der Waals surface area contributed by atoms with Crippen molar-refractivity contribution in [3.05, 3.63) is 0 Å². The molecule has 7 nitrogen and oxygen atoms in total. The van der Waals surface area contributed by atoms with Crippen LogP contribution in [0.15, 0.2) is 4.99 Å². The number of rotatable bonds is 4. The zero-order valence-corrected chi connectivity index (χ0v) is 15.2. The average molecular weight is 308 g/mol. The Balaban J connectivity index is 0. The van der Waals surface area contributed by atoms with E-state index in [0.29, 0.717) is 6.42 Å². The van der Waals surface area contributed by atoms with Gasteiger partial charge in [-0.05, 0) is 18.8 Å². The predicted molar refractivity (Wildman–Crippen MR) is 70.7 cm³/mol. The molecule has 0 fully saturated rings. The van der Waals surface area contributed by atoms with Gasteiger partial charge in [0.25, 0.3) is 11.9 Å². The van der Waals surface area contributed by atoms with Gasteiger partial charge in [-0.25, -0.2) is 4.99 Å². The zero-order valence-electron chi connectivity index (χ0n) is 13.2. The summed E-state index contributed by atoms with van der Waals surface area (Å²) in [6.45, 7) is 6.71. The van der Waals surface area contributed by atoms with Gasteiger partial charge in [-0.1, -0.05) is 27.2 Å². The first-order valence-corrected chi connectivity index (χ1v) is 6.53. The van der Waals surface area contributed by atoms with Crippen LogP contribution < -0.4 is 40.0 Å². The Labute approximate surface area is 146 Å². The molecule has 0 saturated heterocycles. The van der Waals surface area contributed by atoms with E-state index in [1.165, 1.54) is 0 Å².